The molecule has 0 aliphatic carbocycles. The predicted octanol–water partition coefficient (Wildman–Crippen LogP) is 2.08. The van der Waals surface area contributed by atoms with E-state index in [1.165, 1.54) is 0 Å². The van der Waals surface area contributed by atoms with E-state index < -0.39 is 0 Å². The van der Waals surface area contributed by atoms with Crippen LogP contribution in [0.25, 0.3) is 5.82 Å². The van der Waals surface area contributed by atoms with E-state index in [1.807, 2.05) is 29.3 Å². The normalized spacial score (nSPS) is 17.4. The van der Waals surface area contributed by atoms with Gasteiger partial charge in [0.05, 0.1) is 5.56 Å². The summed E-state index contributed by atoms with van der Waals surface area (Å²) in [5.41, 5.74) is 1.60. The SMILES string of the molecule is O=C(c1ccc(-n2cccn2)nc1)N1CCCC(c2ccncn2)C1. The predicted molar refractivity (Wildman–Crippen MR) is 91.3 cm³/mol. The van der Waals surface area contributed by atoms with E-state index in [9.17, 15) is 4.79 Å². The Morgan fingerprint density at radius 2 is 2.12 bits per heavy atom. The first-order valence-corrected chi connectivity index (χ1v) is 8.32. The Bertz CT molecular complexity index is 832. The third kappa shape index (κ3) is 3.26. The lowest BCUT2D eigenvalue weighted by molar-refractivity contribution is 0.0705. The average Bonchev–Trinajstić information content (AvgIpc) is 3.23. The minimum absolute atomic E-state index is 0.0123. The van der Waals surface area contributed by atoms with Crippen molar-refractivity contribution in [1.29, 1.82) is 0 Å². The minimum Gasteiger partial charge on any atom is -0.338 e. The molecule has 4 rings (SSSR count). The number of nitrogens with zero attached hydrogens (tertiary/aromatic N) is 6. The molecule has 3 aromatic heterocycles. The summed E-state index contributed by atoms with van der Waals surface area (Å²) < 4.78 is 1.67. The Kier molecular flexibility index (Phi) is 4.20. The molecule has 126 valence electrons. The van der Waals surface area contributed by atoms with Crippen molar-refractivity contribution in [2.75, 3.05) is 13.1 Å². The van der Waals surface area contributed by atoms with E-state index >= 15 is 0 Å². The number of carbonyl (C=O) groups excluding carboxylic acids is 1. The summed E-state index contributed by atoms with van der Waals surface area (Å²) in [5, 5.41) is 4.14. The molecule has 0 aromatic carbocycles. The molecule has 1 amide bonds. The topological polar surface area (TPSA) is 76.8 Å². The van der Waals surface area contributed by atoms with E-state index in [0.29, 0.717) is 17.9 Å². The maximum Gasteiger partial charge on any atom is 0.255 e. The van der Waals surface area contributed by atoms with Gasteiger partial charge in [-0.3, -0.25) is 4.79 Å². The molecule has 1 fully saturated rings. The van der Waals surface area contributed by atoms with Crippen LogP contribution in [0.4, 0.5) is 0 Å². The first-order chi connectivity index (χ1) is 12.3. The van der Waals surface area contributed by atoms with Crippen molar-refractivity contribution in [3.8, 4) is 5.82 Å². The van der Waals surface area contributed by atoms with Gasteiger partial charge in [0.2, 0.25) is 0 Å². The van der Waals surface area contributed by atoms with Gasteiger partial charge in [0, 0.05) is 49.5 Å². The Morgan fingerprint density at radius 1 is 1.16 bits per heavy atom. The van der Waals surface area contributed by atoms with E-state index in [2.05, 4.69) is 20.1 Å². The van der Waals surface area contributed by atoms with Gasteiger partial charge in [-0.05, 0) is 37.1 Å². The van der Waals surface area contributed by atoms with Crippen LogP contribution in [0.1, 0.15) is 34.8 Å². The number of piperidine rings is 1. The van der Waals surface area contributed by atoms with Gasteiger partial charge >= 0.3 is 0 Å². The molecule has 7 heteroatoms. The quantitative estimate of drug-likeness (QED) is 0.733. The van der Waals surface area contributed by atoms with Crippen LogP contribution in [0.2, 0.25) is 0 Å². The fourth-order valence-corrected chi connectivity index (χ4v) is 3.18. The van der Waals surface area contributed by atoms with Gasteiger partial charge < -0.3 is 4.90 Å². The molecule has 3 aromatic rings. The lowest BCUT2D eigenvalue weighted by atomic mass is 9.94. The molecule has 0 saturated carbocycles. The van der Waals surface area contributed by atoms with Crippen molar-refractivity contribution in [2.45, 2.75) is 18.8 Å². The van der Waals surface area contributed by atoms with Crippen molar-refractivity contribution in [3.05, 3.63) is 66.6 Å². The lowest BCUT2D eigenvalue weighted by Gasteiger charge is -2.32. The molecule has 1 atom stereocenters. The zero-order valence-corrected chi connectivity index (χ0v) is 13.7. The van der Waals surface area contributed by atoms with Crippen LogP contribution in [0.3, 0.4) is 0 Å². The molecular formula is C18H18N6O. The van der Waals surface area contributed by atoms with E-state index in [1.54, 1.807) is 35.7 Å². The first kappa shape index (κ1) is 15.4. The van der Waals surface area contributed by atoms with Gasteiger partial charge in [0.25, 0.3) is 5.91 Å². The largest absolute Gasteiger partial charge is 0.338 e. The van der Waals surface area contributed by atoms with Crippen LogP contribution in [0.15, 0.2) is 55.4 Å². The van der Waals surface area contributed by atoms with Crippen LogP contribution < -0.4 is 0 Å². The highest BCUT2D eigenvalue weighted by Crippen LogP contribution is 2.26. The van der Waals surface area contributed by atoms with Crippen molar-refractivity contribution in [3.63, 3.8) is 0 Å². The fraction of sp³-hybridized carbons (Fsp3) is 0.278. The lowest BCUT2D eigenvalue weighted by Crippen LogP contribution is -2.39. The van der Waals surface area contributed by atoms with Crippen molar-refractivity contribution in [2.24, 2.45) is 0 Å². The fourth-order valence-electron chi connectivity index (χ4n) is 3.18. The van der Waals surface area contributed by atoms with Gasteiger partial charge in [-0.15, -0.1) is 0 Å². The summed E-state index contributed by atoms with van der Waals surface area (Å²) in [4.78, 5) is 27.3. The van der Waals surface area contributed by atoms with Crippen molar-refractivity contribution < 1.29 is 4.79 Å². The highest BCUT2D eigenvalue weighted by molar-refractivity contribution is 5.94. The number of rotatable bonds is 3. The maximum absolute atomic E-state index is 12.8. The molecule has 0 N–H and O–H groups in total. The number of hydrogen-bond acceptors (Lipinski definition) is 5. The zero-order chi connectivity index (χ0) is 17.1. The molecule has 0 radical (unpaired) electrons. The Hall–Kier alpha value is -3.09. The maximum atomic E-state index is 12.8. The number of pyridine rings is 1. The minimum atomic E-state index is 0.0123. The summed E-state index contributed by atoms with van der Waals surface area (Å²) in [6.07, 6.45) is 10.5. The second kappa shape index (κ2) is 6.80. The monoisotopic (exact) mass is 334 g/mol. The average molecular weight is 334 g/mol. The summed E-state index contributed by atoms with van der Waals surface area (Å²) in [5.74, 6) is 0.967. The smallest absolute Gasteiger partial charge is 0.255 e. The van der Waals surface area contributed by atoms with Gasteiger partial charge in [-0.1, -0.05) is 0 Å². The standard InChI is InChI=1S/C18H18N6O/c25-18(14-4-5-17(20-11-14)24-10-2-7-22-24)23-9-1-3-15(12-23)16-6-8-19-13-21-16/h2,4-8,10-11,13,15H,1,3,9,12H2. The van der Waals surface area contributed by atoms with Crippen LogP contribution in [-0.4, -0.2) is 48.6 Å². The Balaban J connectivity index is 1.48. The highest BCUT2D eigenvalue weighted by Gasteiger charge is 2.26. The molecular weight excluding hydrogens is 316 g/mol. The molecule has 1 unspecified atom stereocenters. The molecule has 1 aliphatic heterocycles. The molecule has 0 bridgehead atoms. The molecule has 0 spiro atoms. The van der Waals surface area contributed by atoms with E-state index in [0.717, 1.165) is 25.1 Å². The van der Waals surface area contributed by atoms with Gasteiger partial charge in [0.15, 0.2) is 5.82 Å². The van der Waals surface area contributed by atoms with Crippen LogP contribution in [0.5, 0.6) is 0 Å². The Morgan fingerprint density at radius 3 is 2.84 bits per heavy atom. The zero-order valence-electron chi connectivity index (χ0n) is 13.7. The van der Waals surface area contributed by atoms with E-state index in [-0.39, 0.29) is 11.8 Å². The molecule has 4 heterocycles. The van der Waals surface area contributed by atoms with Crippen LogP contribution in [0, 0.1) is 0 Å². The second-order valence-corrected chi connectivity index (χ2v) is 6.08. The van der Waals surface area contributed by atoms with E-state index in [4.69, 9.17) is 0 Å². The first-order valence-electron chi connectivity index (χ1n) is 8.32. The number of amides is 1. The molecule has 7 nitrogen and oxygen atoms in total. The Labute approximate surface area is 145 Å². The van der Waals surface area contributed by atoms with Crippen LogP contribution >= 0.6 is 0 Å². The number of hydrogen-bond donors (Lipinski definition) is 0. The van der Waals surface area contributed by atoms with Gasteiger partial charge in [0.1, 0.15) is 6.33 Å². The number of carbonyl (C=O) groups is 1. The highest BCUT2D eigenvalue weighted by atomic mass is 16.2. The van der Waals surface area contributed by atoms with Crippen LogP contribution in [-0.2, 0) is 0 Å². The van der Waals surface area contributed by atoms with Crippen molar-refractivity contribution in [1.82, 2.24) is 29.6 Å². The summed E-state index contributed by atoms with van der Waals surface area (Å²) in [6.45, 7) is 1.44. The number of likely N-dealkylation sites (tertiary alicyclic amines) is 1. The second-order valence-electron chi connectivity index (χ2n) is 6.08. The third-order valence-corrected chi connectivity index (χ3v) is 4.47. The summed E-state index contributed by atoms with van der Waals surface area (Å²) in [7, 11) is 0. The van der Waals surface area contributed by atoms with Gasteiger partial charge in [-0.2, -0.15) is 5.10 Å². The van der Waals surface area contributed by atoms with Gasteiger partial charge in [-0.25, -0.2) is 19.6 Å². The summed E-state index contributed by atoms with van der Waals surface area (Å²) >= 11 is 0. The molecule has 1 saturated heterocycles. The molecule has 25 heavy (non-hydrogen) atoms. The van der Waals surface area contributed by atoms with Crippen molar-refractivity contribution >= 4 is 5.91 Å². The molecule has 1 aliphatic rings. The third-order valence-electron chi connectivity index (χ3n) is 4.47. The number of aromatic nitrogens is 5. The summed E-state index contributed by atoms with van der Waals surface area (Å²) in [6, 6.07) is 7.38.